The van der Waals surface area contributed by atoms with Gasteiger partial charge >= 0.3 is 0 Å². The average Bonchev–Trinajstić information content (AvgIpc) is 3.40. The van der Waals surface area contributed by atoms with Crippen molar-refractivity contribution in [2.75, 3.05) is 38.6 Å². The fraction of sp³-hybridized carbons (Fsp3) is 0.233. The van der Waals surface area contributed by atoms with Crippen molar-refractivity contribution in [3.63, 3.8) is 0 Å². The number of carbonyl (C=O) groups is 1. The Kier molecular flexibility index (Phi) is 7.59. The number of hydrogen-bond acceptors (Lipinski definition) is 8. The van der Waals surface area contributed by atoms with E-state index >= 15 is 0 Å². The molecule has 1 atom stereocenters. The van der Waals surface area contributed by atoms with Crippen molar-refractivity contribution in [2.24, 2.45) is 0 Å². The lowest BCUT2D eigenvalue weighted by molar-refractivity contribution is -0.113. The number of fused-ring (bicyclic) bond motifs is 1. The van der Waals surface area contributed by atoms with Gasteiger partial charge in [0, 0.05) is 16.8 Å². The van der Waals surface area contributed by atoms with Gasteiger partial charge in [0.05, 0.1) is 39.2 Å². The van der Waals surface area contributed by atoms with Gasteiger partial charge in [-0.1, -0.05) is 24.3 Å². The Hall–Kier alpha value is -4.99. The minimum absolute atomic E-state index is 0.326. The molecule has 2 N–H and O–H groups in total. The van der Waals surface area contributed by atoms with Crippen molar-refractivity contribution in [1.29, 1.82) is 0 Å². The predicted octanol–water partition coefficient (Wildman–Crippen LogP) is 5.30. The average molecular weight is 542 g/mol. The number of benzene rings is 3. The number of nitrogens with one attached hydrogen (secondary N) is 2. The predicted molar refractivity (Wildman–Crippen MR) is 152 cm³/mol. The summed E-state index contributed by atoms with van der Waals surface area (Å²) in [7, 11) is 4.71. The number of nitrogens with zero attached hydrogens (tertiary/aromatic N) is 3. The third kappa shape index (κ3) is 4.91. The first-order chi connectivity index (χ1) is 19.5. The molecule has 3 aromatic carbocycles. The lowest BCUT2D eigenvalue weighted by atomic mass is 9.94. The minimum atomic E-state index is -0.681. The van der Waals surface area contributed by atoms with Crippen molar-refractivity contribution in [3.05, 3.63) is 83.6 Å². The fourth-order valence-electron chi connectivity index (χ4n) is 4.79. The number of amides is 1. The van der Waals surface area contributed by atoms with Crippen LogP contribution in [-0.4, -0.2) is 48.6 Å². The van der Waals surface area contributed by atoms with E-state index < -0.39 is 6.04 Å². The molecule has 1 amide bonds. The van der Waals surface area contributed by atoms with E-state index in [1.54, 1.807) is 38.1 Å². The molecular formula is C30H31N5O5. The number of para-hydroxylation sites is 3. The summed E-state index contributed by atoms with van der Waals surface area (Å²) in [5.74, 6) is 3.01. The number of hydrogen-bond donors (Lipinski definition) is 2. The van der Waals surface area contributed by atoms with Gasteiger partial charge in [-0.05, 0) is 56.3 Å². The number of ether oxygens (including phenoxy) is 4. The summed E-state index contributed by atoms with van der Waals surface area (Å²) < 4.78 is 24.1. The van der Waals surface area contributed by atoms with Crippen LogP contribution in [0.5, 0.6) is 23.0 Å². The van der Waals surface area contributed by atoms with Crippen molar-refractivity contribution in [2.45, 2.75) is 19.9 Å². The highest BCUT2D eigenvalue weighted by Gasteiger charge is 2.37. The molecular weight excluding hydrogens is 510 g/mol. The molecule has 0 spiro atoms. The summed E-state index contributed by atoms with van der Waals surface area (Å²) in [5.41, 5.74) is 3.11. The van der Waals surface area contributed by atoms with Gasteiger partial charge in [-0.25, -0.2) is 4.68 Å². The van der Waals surface area contributed by atoms with Crippen LogP contribution in [0.3, 0.4) is 0 Å². The number of anilines is 2. The van der Waals surface area contributed by atoms with Gasteiger partial charge in [0.15, 0.2) is 17.3 Å². The normalized spacial score (nSPS) is 14.2. The first kappa shape index (κ1) is 26.6. The third-order valence-corrected chi connectivity index (χ3v) is 6.60. The second kappa shape index (κ2) is 11.4. The van der Waals surface area contributed by atoms with E-state index in [4.69, 9.17) is 29.0 Å². The maximum Gasteiger partial charge on any atom is 0.255 e. The van der Waals surface area contributed by atoms with Gasteiger partial charge in [0.1, 0.15) is 17.5 Å². The van der Waals surface area contributed by atoms with Crippen LogP contribution < -0.4 is 29.6 Å². The molecule has 5 rings (SSSR count). The second-order valence-electron chi connectivity index (χ2n) is 8.96. The van der Waals surface area contributed by atoms with Crippen LogP contribution in [0.2, 0.25) is 0 Å². The number of aromatic nitrogens is 3. The SMILES string of the molecule is CCOc1ccc(-c2nc3n(n2)C(c2cccc(OC)c2OC)C(C(=O)Nc2ccccc2OC)=C(C)N3)cc1. The van der Waals surface area contributed by atoms with Crippen molar-refractivity contribution < 1.29 is 23.7 Å². The molecule has 0 radical (unpaired) electrons. The first-order valence-electron chi connectivity index (χ1n) is 12.8. The first-order valence-corrected chi connectivity index (χ1v) is 12.8. The maximum absolute atomic E-state index is 14.0. The molecule has 1 aliphatic heterocycles. The molecule has 1 aliphatic rings. The molecule has 2 heterocycles. The van der Waals surface area contributed by atoms with Gasteiger partial charge in [0.25, 0.3) is 5.91 Å². The van der Waals surface area contributed by atoms with Crippen LogP contribution in [-0.2, 0) is 4.79 Å². The molecule has 0 bridgehead atoms. The smallest absolute Gasteiger partial charge is 0.255 e. The fourth-order valence-corrected chi connectivity index (χ4v) is 4.79. The zero-order chi connectivity index (χ0) is 28.2. The number of carbonyl (C=O) groups excluding carboxylic acids is 1. The molecule has 4 aromatic rings. The van der Waals surface area contributed by atoms with Crippen molar-refractivity contribution in [1.82, 2.24) is 14.8 Å². The van der Waals surface area contributed by atoms with E-state index in [0.29, 0.717) is 58.1 Å². The van der Waals surface area contributed by atoms with Crippen LogP contribution in [0.4, 0.5) is 11.6 Å². The van der Waals surface area contributed by atoms with Crippen LogP contribution in [0, 0.1) is 0 Å². The van der Waals surface area contributed by atoms with E-state index in [0.717, 1.165) is 11.3 Å². The van der Waals surface area contributed by atoms with Crippen LogP contribution in [0.1, 0.15) is 25.5 Å². The third-order valence-electron chi connectivity index (χ3n) is 6.60. The van der Waals surface area contributed by atoms with E-state index in [-0.39, 0.29) is 5.91 Å². The summed E-state index contributed by atoms with van der Waals surface area (Å²) in [6.07, 6.45) is 0. The monoisotopic (exact) mass is 541 g/mol. The Labute approximate surface area is 232 Å². The Morgan fingerprint density at radius 2 is 1.68 bits per heavy atom. The van der Waals surface area contributed by atoms with Gasteiger partial charge in [-0.2, -0.15) is 4.98 Å². The molecule has 0 saturated carbocycles. The highest BCUT2D eigenvalue weighted by atomic mass is 16.5. The van der Waals surface area contributed by atoms with Crippen LogP contribution in [0.25, 0.3) is 11.4 Å². The zero-order valence-electron chi connectivity index (χ0n) is 23.0. The summed E-state index contributed by atoms with van der Waals surface area (Å²) in [4.78, 5) is 18.7. The number of allylic oxidation sites excluding steroid dienone is 1. The van der Waals surface area contributed by atoms with Crippen molar-refractivity contribution in [3.8, 4) is 34.4 Å². The molecule has 1 unspecified atom stereocenters. The van der Waals surface area contributed by atoms with E-state index in [1.165, 1.54) is 0 Å². The largest absolute Gasteiger partial charge is 0.495 e. The van der Waals surface area contributed by atoms with E-state index in [9.17, 15) is 4.79 Å². The summed E-state index contributed by atoms with van der Waals surface area (Å²) in [5, 5.41) is 11.1. The van der Waals surface area contributed by atoms with Crippen LogP contribution in [0.15, 0.2) is 78.0 Å². The molecule has 0 fully saturated rings. The Bertz CT molecular complexity index is 1560. The van der Waals surface area contributed by atoms with E-state index in [2.05, 4.69) is 10.6 Å². The number of methoxy groups -OCH3 is 3. The Morgan fingerprint density at radius 3 is 2.38 bits per heavy atom. The standard InChI is InChI=1S/C30H31N5O5/c1-6-40-20-16-14-19(15-17-20)28-33-30-31-18(2)25(29(36)32-22-11-7-8-12-23(22)37-3)26(35(30)34-28)21-10-9-13-24(38-4)27(21)39-5/h7-17,26H,6H2,1-5H3,(H,32,36)(H,31,33,34). The zero-order valence-corrected chi connectivity index (χ0v) is 23.0. The van der Waals surface area contributed by atoms with Gasteiger partial charge in [-0.15, -0.1) is 5.10 Å². The molecule has 10 heteroatoms. The van der Waals surface area contributed by atoms with Gasteiger partial charge in [0.2, 0.25) is 5.95 Å². The molecule has 40 heavy (non-hydrogen) atoms. The quantitative estimate of drug-likeness (QED) is 0.294. The molecule has 1 aromatic heterocycles. The molecule has 206 valence electrons. The highest BCUT2D eigenvalue weighted by Crippen LogP contribution is 2.43. The maximum atomic E-state index is 14.0. The van der Waals surface area contributed by atoms with Crippen molar-refractivity contribution >= 4 is 17.5 Å². The highest BCUT2D eigenvalue weighted by molar-refractivity contribution is 6.06. The minimum Gasteiger partial charge on any atom is -0.495 e. The lowest BCUT2D eigenvalue weighted by Crippen LogP contribution is -2.32. The second-order valence-corrected chi connectivity index (χ2v) is 8.96. The summed E-state index contributed by atoms with van der Waals surface area (Å²) in [6.45, 7) is 4.36. The summed E-state index contributed by atoms with van der Waals surface area (Å²) >= 11 is 0. The topological polar surface area (TPSA) is 109 Å². The Morgan fingerprint density at radius 1 is 0.950 bits per heavy atom. The Balaban J connectivity index is 1.63. The molecule has 0 aliphatic carbocycles. The van der Waals surface area contributed by atoms with Crippen LogP contribution >= 0.6 is 0 Å². The number of rotatable bonds is 9. The summed E-state index contributed by atoms with van der Waals surface area (Å²) in [6, 6.07) is 19.7. The van der Waals surface area contributed by atoms with E-state index in [1.807, 2.05) is 68.4 Å². The lowest BCUT2D eigenvalue weighted by Gasteiger charge is -2.30. The molecule has 10 nitrogen and oxygen atoms in total. The molecule has 0 saturated heterocycles. The van der Waals surface area contributed by atoms with Gasteiger partial charge < -0.3 is 29.6 Å². The van der Waals surface area contributed by atoms with Gasteiger partial charge in [-0.3, -0.25) is 4.79 Å².